The first kappa shape index (κ1) is 12.8. The zero-order valence-electron chi connectivity index (χ0n) is 10.5. The molecular formula is C15H17NOS. The smallest absolute Gasteiger partial charge is 0.207 e. The van der Waals surface area contributed by atoms with Crippen molar-refractivity contribution in [1.82, 2.24) is 5.32 Å². The molecule has 0 aliphatic carbocycles. The maximum atomic E-state index is 10.2. The molecule has 0 saturated heterocycles. The monoisotopic (exact) mass is 259 g/mol. The number of carbonyl (C=O) groups is 1. The molecule has 94 valence electrons. The predicted molar refractivity (Wildman–Crippen MR) is 76.1 cm³/mol. The Hall–Kier alpha value is -1.61. The number of carbonyl (C=O) groups excluding carboxylic acids is 1. The molecule has 1 heterocycles. The summed E-state index contributed by atoms with van der Waals surface area (Å²) in [6.07, 6.45) is 2.66. The molecule has 2 nitrogen and oxygen atoms in total. The van der Waals surface area contributed by atoms with Crippen molar-refractivity contribution in [2.75, 3.05) is 6.54 Å². The van der Waals surface area contributed by atoms with Gasteiger partial charge in [0.05, 0.1) is 0 Å². The highest BCUT2D eigenvalue weighted by Gasteiger charge is 2.03. The lowest BCUT2D eigenvalue weighted by Crippen LogP contribution is -2.13. The SMILES string of the molecule is Cc1ccccc1Cc1csc(CCNC=O)c1. The van der Waals surface area contributed by atoms with Gasteiger partial charge in [0, 0.05) is 11.4 Å². The minimum atomic E-state index is 0.716. The predicted octanol–water partition coefficient (Wildman–Crippen LogP) is 2.94. The summed E-state index contributed by atoms with van der Waals surface area (Å²) < 4.78 is 0. The molecule has 2 rings (SSSR count). The van der Waals surface area contributed by atoms with Gasteiger partial charge in [-0.25, -0.2) is 0 Å². The summed E-state index contributed by atoms with van der Waals surface area (Å²) in [5, 5.41) is 4.90. The van der Waals surface area contributed by atoms with Gasteiger partial charge in [-0.15, -0.1) is 11.3 Å². The summed E-state index contributed by atoms with van der Waals surface area (Å²) in [6.45, 7) is 2.87. The maximum absolute atomic E-state index is 10.2. The molecule has 0 fully saturated rings. The van der Waals surface area contributed by atoms with Crippen LogP contribution in [0.4, 0.5) is 0 Å². The Morgan fingerprint density at radius 3 is 2.94 bits per heavy atom. The number of amides is 1. The average molecular weight is 259 g/mol. The van der Waals surface area contributed by atoms with Gasteiger partial charge in [0.25, 0.3) is 0 Å². The highest BCUT2D eigenvalue weighted by Crippen LogP contribution is 2.19. The minimum absolute atomic E-state index is 0.716. The lowest BCUT2D eigenvalue weighted by Gasteiger charge is -2.03. The van der Waals surface area contributed by atoms with Gasteiger partial charge in [-0.1, -0.05) is 24.3 Å². The molecule has 18 heavy (non-hydrogen) atoms. The van der Waals surface area contributed by atoms with Gasteiger partial charge in [-0.3, -0.25) is 4.79 Å². The van der Waals surface area contributed by atoms with E-state index in [0.717, 1.165) is 19.3 Å². The van der Waals surface area contributed by atoms with Crippen molar-refractivity contribution in [3.05, 3.63) is 57.3 Å². The van der Waals surface area contributed by atoms with E-state index in [2.05, 4.69) is 48.0 Å². The molecule has 1 aromatic heterocycles. The van der Waals surface area contributed by atoms with Crippen LogP contribution in [-0.2, 0) is 17.6 Å². The van der Waals surface area contributed by atoms with Gasteiger partial charge < -0.3 is 5.32 Å². The molecule has 0 atom stereocenters. The third-order valence-electron chi connectivity index (χ3n) is 2.96. The van der Waals surface area contributed by atoms with Gasteiger partial charge in [0.15, 0.2) is 0 Å². The molecule has 0 radical (unpaired) electrons. The number of aryl methyl sites for hydroxylation is 1. The zero-order valence-corrected chi connectivity index (χ0v) is 11.3. The van der Waals surface area contributed by atoms with E-state index in [1.54, 1.807) is 11.3 Å². The first-order chi connectivity index (χ1) is 8.79. The number of hydrogen-bond donors (Lipinski definition) is 1. The summed E-state index contributed by atoms with van der Waals surface area (Å²) in [5.41, 5.74) is 4.08. The van der Waals surface area contributed by atoms with Crippen molar-refractivity contribution in [3.8, 4) is 0 Å². The van der Waals surface area contributed by atoms with E-state index in [1.165, 1.54) is 21.6 Å². The van der Waals surface area contributed by atoms with Crippen LogP contribution in [0.1, 0.15) is 21.6 Å². The zero-order chi connectivity index (χ0) is 12.8. The summed E-state index contributed by atoms with van der Waals surface area (Å²) >= 11 is 1.77. The third kappa shape index (κ3) is 3.44. The van der Waals surface area contributed by atoms with Gasteiger partial charge in [0.1, 0.15) is 0 Å². The fourth-order valence-electron chi connectivity index (χ4n) is 1.93. The number of rotatable bonds is 6. The highest BCUT2D eigenvalue weighted by molar-refractivity contribution is 7.10. The van der Waals surface area contributed by atoms with Crippen LogP contribution >= 0.6 is 11.3 Å². The first-order valence-electron chi connectivity index (χ1n) is 6.07. The fourth-order valence-corrected chi connectivity index (χ4v) is 2.83. The fraction of sp³-hybridized carbons (Fsp3) is 0.267. The van der Waals surface area contributed by atoms with Crippen LogP contribution in [0, 0.1) is 6.92 Å². The van der Waals surface area contributed by atoms with Crippen LogP contribution in [0.3, 0.4) is 0 Å². The van der Waals surface area contributed by atoms with E-state index in [4.69, 9.17) is 0 Å². The Bertz CT molecular complexity index is 519. The first-order valence-corrected chi connectivity index (χ1v) is 6.95. The van der Waals surface area contributed by atoms with Crippen molar-refractivity contribution >= 4 is 17.7 Å². The minimum Gasteiger partial charge on any atom is -0.358 e. The maximum Gasteiger partial charge on any atom is 0.207 e. The Labute approximate surface area is 112 Å². The van der Waals surface area contributed by atoms with Crippen LogP contribution in [0.5, 0.6) is 0 Å². The van der Waals surface area contributed by atoms with Crippen molar-refractivity contribution in [2.45, 2.75) is 19.8 Å². The van der Waals surface area contributed by atoms with Gasteiger partial charge >= 0.3 is 0 Å². The number of nitrogens with one attached hydrogen (secondary N) is 1. The second kappa shape index (κ2) is 6.36. The lowest BCUT2D eigenvalue weighted by molar-refractivity contribution is -0.109. The van der Waals surface area contributed by atoms with E-state index in [9.17, 15) is 4.79 Å². The molecule has 0 spiro atoms. The average Bonchev–Trinajstić information content (AvgIpc) is 2.80. The number of benzene rings is 1. The van der Waals surface area contributed by atoms with Gasteiger partial charge in [-0.05, 0) is 47.9 Å². The van der Waals surface area contributed by atoms with Crippen molar-refractivity contribution in [2.24, 2.45) is 0 Å². The summed E-state index contributed by atoms with van der Waals surface area (Å²) in [6, 6.07) is 10.7. The lowest BCUT2D eigenvalue weighted by atomic mass is 10.0. The van der Waals surface area contributed by atoms with Crippen LogP contribution < -0.4 is 5.32 Å². The van der Waals surface area contributed by atoms with E-state index in [0.29, 0.717) is 6.54 Å². The molecule has 0 aliphatic heterocycles. The Morgan fingerprint density at radius 1 is 1.33 bits per heavy atom. The number of hydrogen-bond acceptors (Lipinski definition) is 2. The summed E-state index contributed by atoms with van der Waals surface area (Å²) in [5.74, 6) is 0. The van der Waals surface area contributed by atoms with Gasteiger partial charge in [0.2, 0.25) is 6.41 Å². The van der Waals surface area contributed by atoms with Crippen molar-refractivity contribution in [1.29, 1.82) is 0 Å². The molecule has 3 heteroatoms. The molecule has 1 amide bonds. The van der Waals surface area contributed by atoms with Crippen LogP contribution in [0.2, 0.25) is 0 Å². The Morgan fingerprint density at radius 2 is 2.17 bits per heavy atom. The van der Waals surface area contributed by atoms with Gasteiger partial charge in [-0.2, -0.15) is 0 Å². The highest BCUT2D eigenvalue weighted by atomic mass is 32.1. The van der Waals surface area contributed by atoms with E-state index < -0.39 is 0 Å². The second-order valence-electron chi connectivity index (χ2n) is 4.35. The molecular weight excluding hydrogens is 242 g/mol. The Balaban J connectivity index is 1.98. The molecule has 0 saturated carbocycles. The van der Waals surface area contributed by atoms with E-state index in [-0.39, 0.29) is 0 Å². The topological polar surface area (TPSA) is 29.1 Å². The van der Waals surface area contributed by atoms with Crippen molar-refractivity contribution in [3.63, 3.8) is 0 Å². The molecule has 2 aromatic rings. The third-order valence-corrected chi connectivity index (χ3v) is 4.01. The molecule has 0 aliphatic rings. The normalized spacial score (nSPS) is 10.3. The van der Waals surface area contributed by atoms with Crippen LogP contribution in [0.15, 0.2) is 35.7 Å². The largest absolute Gasteiger partial charge is 0.358 e. The second-order valence-corrected chi connectivity index (χ2v) is 5.34. The van der Waals surface area contributed by atoms with Crippen molar-refractivity contribution < 1.29 is 4.79 Å². The van der Waals surface area contributed by atoms with E-state index in [1.807, 2.05) is 0 Å². The molecule has 1 N–H and O–H groups in total. The number of thiophene rings is 1. The standard InChI is InChI=1S/C15H17NOS/c1-12-4-2-3-5-14(12)8-13-9-15(18-10-13)6-7-16-11-17/h2-5,9-11H,6-8H2,1H3,(H,16,17). The quantitative estimate of drug-likeness (QED) is 0.627. The van der Waals surface area contributed by atoms with Crippen LogP contribution in [0.25, 0.3) is 0 Å². The molecule has 1 aromatic carbocycles. The summed E-state index contributed by atoms with van der Waals surface area (Å²) in [7, 11) is 0. The molecule has 0 bridgehead atoms. The molecule has 0 unspecified atom stereocenters. The Kier molecular flexibility index (Phi) is 4.53. The van der Waals surface area contributed by atoms with E-state index >= 15 is 0 Å². The van der Waals surface area contributed by atoms with Crippen LogP contribution in [-0.4, -0.2) is 13.0 Å². The summed E-state index contributed by atoms with van der Waals surface area (Å²) in [4.78, 5) is 11.5.